The first kappa shape index (κ1) is 16.3. The molecule has 1 saturated heterocycles. The Morgan fingerprint density at radius 2 is 2.05 bits per heavy atom. The van der Waals surface area contributed by atoms with E-state index in [2.05, 4.69) is 13.8 Å². The van der Waals surface area contributed by atoms with E-state index >= 15 is 0 Å². The summed E-state index contributed by atoms with van der Waals surface area (Å²) in [6.45, 7) is 9.43. The molecule has 5 heteroatoms. The van der Waals surface area contributed by atoms with Crippen LogP contribution >= 0.6 is 0 Å². The summed E-state index contributed by atoms with van der Waals surface area (Å²) in [7, 11) is 0. The highest BCUT2D eigenvalue weighted by molar-refractivity contribution is 5.99. The molecule has 1 aromatic rings. The van der Waals surface area contributed by atoms with Gasteiger partial charge in [-0.2, -0.15) is 0 Å². The quantitative estimate of drug-likeness (QED) is 0.929. The number of rotatable bonds is 3. The molecule has 0 bridgehead atoms. The van der Waals surface area contributed by atoms with Gasteiger partial charge in [-0.1, -0.05) is 19.9 Å². The predicted molar refractivity (Wildman–Crippen MR) is 84.8 cm³/mol. The fourth-order valence-electron chi connectivity index (χ4n) is 2.84. The molecule has 120 valence electrons. The highest BCUT2D eigenvalue weighted by Crippen LogP contribution is 2.23. The molecule has 1 heterocycles. The van der Waals surface area contributed by atoms with Gasteiger partial charge in [-0.3, -0.25) is 9.59 Å². The maximum Gasteiger partial charge on any atom is 0.254 e. The minimum absolute atomic E-state index is 0.00824. The van der Waals surface area contributed by atoms with Crippen molar-refractivity contribution in [3.63, 3.8) is 0 Å². The zero-order chi connectivity index (χ0) is 16.4. The number of hydrogen-bond acceptors (Lipinski definition) is 3. The van der Waals surface area contributed by atoms with Gasteiger partial charge in [-0.25, -0.2) is 0 Å². The number of carbonyl (C=O) groups is 2. The third-order valence-corrected chi connectivity index (χ3v) is 4.13. The van der Waals surface area contributed by atoms with Crippen LogP contribution in [0.2, 0.25) is 0 Å². The van der Waals surface area contributed by atoms with Crippen LogP contribution in [-0.4, -0.2) is 52.4 Å². The standard InChI is InChI=1S/C17H24N2O3/c1-11(2)10-18-8-9-19(13(4)16(18)21)17(22)14-6-5-7-15(20)12(14)3/h5-7,11,13,20H,8-10H2,1-4H3/t13-/m1/s1. The topological polar surface area (TPSA) is 60.9 Å². The maximum absolute atomic E-state index is 12.7. The molecule has 0 unspecified atom stereocenters. The summed E-state index contributed by atoms with van der Waals surface area (Å²) in [5, 5.41) is 9.76. The summed E-state index contributed by atoms with van der Waals surface area (Å²) in [5.41, 5.74) is 1.01. The highest BCUT2D eigenvalue weighted by Gasteiger charge is 2.35. The monoisotopic (exact) mass is 304 g/mol. The van der Waals surface area contributed by atoms with Crippen LogP contribution in [0.3, 0.4) is 0 Å². The minimum Gasteiger partial charge on any atom is -0.508 e. The molecule has 0 aliphatic carbocycles. The third kappa shape index (κ3) is 3.08. The smallest absolute Gasteiger partial charge is 0.254 e. The number of nitrogens with zero attached hydrogens (tertiary/aromatic N) is 2. The zero-order valence-electron chi connectivity index (χ0n) is 13.7. The van der Waals surface area contributed by atoms with Gasteiger partial charge in [0.1, 0.15) is 11.8 Å². The van der Waals surface area contributed by atoms with Crippen molar-refractivity contribution in [1.29, 1.82) is 0 Å². The Balaban J connectivity index is 2.18. The summed E-state index contributed by atoms with van der Waals surface area (Å²) in [6, 6.07) is 4.43. The fraction of sp³-hybridized carbons (Fsp3) is 0.529. The van der Waals surface area contributed by atoms with Crippen molar-refractivity contribution in [3.05, 3.63) is 29.3 Å². The molecular weight excluding hydrogens is 280 g/mol. The van der Waals surface area contributed by atoms with Crippen molar-refractivity contribution >= 4 is 11.8 Å². The van der Waals surface area contributed by atoms with Gasteiger partial charge in [0.15, 0.2) is 0 Å². The average molecular weight is 304 g/mol. The number of amides is 2. The van der Waals surface area contributed by atoms with Crippen LogP contribution in [0.25, 0.3) is 0 Å². The van der Waals surface area contributed by atoms with E-state index in [1.165, 1.54) is 0 Å². The minimum atomic E-state index is -0.471. The predicted octanol–water partition coefficient (Wildman–Crippen LogP) is 2.03. The molecule has 1 N–H and O–H groups in total. The Kier molecular flexibility index (Phi) is 4.74. The van der Waals surface area contributed by atoms with E-state index in [1.54, 1.807) is 36.9 Å². The normalized spacial score (nSPS) is 19.0. The molecule has 1 atom stereocenters. The Bertz CT molecular complexity index is 583. The first-order valence-electron chi connectivity index (χ1n) is 7.71. The molecule has 0 aromatic heterocycles. The van der Waals surface area contributed by atoms with E-state index in [-0.39, 0.29) is 17.6 Å². The van der Waals surface area contributed by atoms with Crippen LogP contribution in [0.1, 0.15) is 36.7 Å². The molecule has 1 aliphatic heterocycles. The second-order valence-corrected chi connectivity index (χ2v) is 6.30. The summed E-state index contributed by atoms with van der Waals surface area (Å²) >= 11 is 0. The first-order chi connectivity index (χ1) is 10.3. The van der Waals surface area contributed by atoms with Gasteiger partial charge in [0.2, 0.25) is 5.91 Å². The Labute approximate surface area is 131 Å². The second-order valence-electron chi connectivity index (χ2n) is 6.30. The van der Waals surface area contributed by atoms with E-state index in [4.69, 9.17) is 0 Å². The number of piperazine rings is 1. The van der Waals surface area contributed by atoms with Gasteiger partial charge in [-0.15, -0.1) is 0 Å². The van der Waals surface area contributed by atoms with Gasteiger partial charge in [0.05, 0.1) is 0 Å². The number of carbonyl (C=O) groups excluding carboxylic acids is 2. The molecule has 1 aromatic carbocycles. The van der Waals surface area contributed by atoms with E-state index in [9.17, 15) is 14.7 Å². The van der Waals surface area contributed by atoms with Crippen molar-refractivity contribution in [1.82, 2.24) is 9.80 Å². The highest BCUT2D eigenvalue weighted by atomic mass is 16.3. The summed E-state index contributed by atoms with van der Waals surface area (Å²) in [5.74, 6) is 0.305. The average Bonchev–Trinajstić information content (AvgIpc) is 2.46. The number of phenols is 1. The number of benzene rings is 1. The van der Waals surface area contributed by atoms with Crippen LogP contribution < -0.4 is 0 Å². The maximum atomic E-state index is 12.7. The lowest BCUT2D eigenvalue weighted by Crippen LogP contribution is -2.58. The molecule has 2 rings (SSSR count). The molecule has 0 radical (unpaired) electrons. The van der Waals surface area contributed by atoms with Gasteiger partial charge in [0.25, 0.3) is 5.91 Å². The van der Waals surface area contributed by atoms with E-state index in [1.807, 2.05) is 4.90 Å². The Morgan fingerprint density at radius 1 is 1.36 bits per heavy atom. The summed E-state index contributed by atoms with van der Waals surface area (Å²) in [4.78, 5) is 28.6. The lowest BCUT2D eigenvalue weighted by molar-refractivity contribution is -0.140. The zero-order valence-corrected chi connectivity index (χ0v) is 13.7. The molecule has 1 fully saturated rings. The van der Waals surface area contributed by atoms with Gasteiger partial charge in [0, 0.05) is 30.8 Å². The Hall–Kier alpha value is -2.04. The molecule has 0 saturated carbocycles. The van der Waals surface area contributed by atoms with Gasteiger partial charge < -0.3 is 14.9 Å². The summed E-state index contributed by atoms with van der Waals surface area (Å²) in [6.07, 6.45) is 0. The first-order valence-corrected chi connectivity index (χ1v) is 7.71. The van der Waals surface area contributed by atoms with Gasteiger partial charge >= 0.3 is 0 Å². The SMILES string of the molecule is Cc1c(O)cccc1C(=O)N1CCN(CC(C)C)C(=O)[C@H]1C. The van der Waals surface area contributed by atoms with Crippen molar-refractivity contribution in [2.24, 2.45) is 5.92 Å². The molecule has 1 aliphatic rings. The molecule has 5 nitrogen and oxygen atoms in total. The van der Waals surface area contributed by atoms with Crippen LogP contribution in [0, 0.1) is 12.8 Å². The van der Waals surface area contributed by atoms with Crippen molar-refractivity contribution in [3.8, 4) is 5.75 Å². The second kappa shape index (κ2) is 6.38. The number of aromatic hydroxyl groups is 1. The number of phenolic OH excluding ortho intramolecular Hbond substituents is 1. The Morgan fingerprint density at radius 3 is 2.68 bits per heavy atom. The van der Waals surface area contributed by atoms with E-state index in [0.717, 1.165) is 6.54 Å². The molecular formula is C17H24N2O3. The fourth-order valence-corrected chi connectivity index (χ4v) is 2.84. The molecule has 22 heavy (non-hydrogen) atoms. The number of hydrogen-bond donors (Lipinski definition) is 1. The van der Waals surface area contributed by atoms with Crippen LogP contribution in [0.15, 0.2) is 18.2 Å². The largest absolute Gasteiger partial charge is 0.508 e. The van der Waals surface area contributed by atoms with Gasteiger partial charge in [-0.05, 0) is 31.9 Å². The molecule has 2 amide bonds. The third-order valence-electron chi connectivity index (χ3n) is 4.13. The van der Waals surface area contributed by atoms with Crippen LogP contribution in [-0.2, 0) is 4.79 Å². The van der Waals surface area contributed by atoms with Crippen molar-refractivity contribution < 1.29 is 14.7 Å². The van der Waals surface area contributed by atoms with Crippen molar-refractivity contribution in [2.45, 2.75) is 33.7 Å². The van der Waals surface area contributed by atoms with Crippen LogP contribution in [0.4, 0.5) is 0 Å². The van der Waals surface area contributed by atoms with E-state index in [0.29, 0.717) is 30.1 Å². The van der Waals surface area contributed by atoms with E-state index < -0.39 is 6.04 Å². The lowest BCUT2D eigenvalue weighted by Gasteiger charge is -2.40. The lowest BCUT2D eigenvalue weighted by atomic mass is 10.0. The van der Waals surface area contributed by atoms with Crippen LogP contribution in [0.5, 0.6) is 5.75 Å². The van der Waals surface area contributed by atoms with Crippen molar-refractivity contribution in [2.75, 3.05) is 19.6 Å². The summed E-state index contributed by atoms with van der Waals surface area (Å²) < 4.78 is 0. The molecule has 0 spiro atoms.